The summed E-state index contributed by atoms with van der Waals surface area (Å²) in [4.78, 5) is 11.7. The number of nitrogens with one attached hydrogen (secondary N) is 1. The maximum atomic E-state index is 11.7. The molecular formula is C18H29NO2. The smallest absolute Gasteiger partial charge is 0.407 e. The fourth-order valence-electron chi connectivity index (χ4n) is 2.40. The normalized spacial score (nSPS) is 12.8. The molecule has 0 aliphatic rings. The molecule has 1 aromatic rings. The summed E-state index contributed by atoms with van der Waals surface area (Å²) in [6.45, 7) is 10.5. The minimum Gasteiger partial charge on any atom is -0.444 e. The fraction of sp³-hybridized carbons (Fsp3) is 0.611. The molecule has 1 atom stereocenters. The van der Waals surface area contributed by atoms with Crippen LogP contribution < -0.4 is 5.32 Å². The average molecular weight is 291 g/mol. The molecule has 0 bridgehead atoms. The lowest BCUT2D eigenvalue weighted by molar-refractivity contribution is 0.0523. The molecule has 0 radical (unpaired) electrons. The van der Waals surface area contributed by atoms with Gasteiger partial charge < -0.3 is 10.1 Å². The van der Waals surface area contributed by atoms with Crippen LogP contribution in [0, 0.1) is 0 Å². The van der Waals surface area contributed by atoms with Crippen molar-refractivity contribution in [3.8, 4) is 0 Å². The van der Waals surface area contributed by atoms with Gasteiger partial charge in [0, 0.05) is 6.54 Å². The number of benzene rings is 1. The van der Waals surface area contributed by atoms with E-state index in [1.54, 1.807) is 0 Å². The first kappa shape index (κ1) is 17.5. The van der Waals surface area contributed by atoms with E-state index in [1.165, 1.54) is 18.4 Å². The van der Waals surface area contributed by atoms with Gasteiger partial charge in [-0.1, -0.05) is 44.5 Å². The van der Waals surface area contributed by atoms with Gasteiger partial charge in [-0.2, -0.15) is 0 Å². The topological polar surface area (TPSA) is 38.3 Å². The highest BCUT2D eigenvalue weighted by Crippen LogP contribution is 2.25. The first-order chi connectivity index (χ1) is 9.85. The Morgan fingerprint density at radius 2 is 2.00 bits per heavy atom. The van der Waals surface area contributed by atoms with Crippen LogP contribution in [0.5, 0.6) is 0 Å². The molecule has 0 aromatic heterocycles. The number of carbonyl (C=O) groups is 1. The molecule has 0 spiro atoms. The third-order valence-corrected chi connectivity index (χ3v) is 3.39. The molecule has 1 rings (SSSR count). The van der Waals surface area contributed by atoms with Crippen LogP contribution in [0.3, 0.4) is 0 Å². The van der Waals surface area contributed by atoms with E-state index in [0.29, 0.717) is 12.5 Å². The lowest BCUT2D eigenvalue weighted by atomic mass is 9.91. The highest BCUT2D eigenvalue weighted by atomic mass is 16.6. The van der Waals surface area contributed by atoms with Crippen molar-refractivity contribution in [2.75, 3.05) is 0 Å². The number of carbonyl (C=O) groups excluding carboxylic acids is 1. The maximum Gasteiger partial charge on any atom is 0.407 e. The van der Waals surface area contributed by atoms with Gasteiger partial charge in [0.2, 0.25) is 0 Å². The molecule has 1 amide bonds. The highest BCUT2D eigenvalue weighted by molar-refractivity contribution is 5.67. The number of rotatable bonds is 6. The minimum absolute atomic E-state index is 0.367. The van der Waals surface area contributed by atoms with Gasteiger partial charge in [0.15, 0.2) is 0 Å². The standard InChI is InChI=1S/C18H29NO2/c1-6-9-15(7-2)16-11-8-10-14(12-16)13-19-17(20)21-18(3,4)5/h8,10-12,15H,6-7,9,13H2,1-5H3,(H,19,20). The lowest BCUT2D eigenvalue weighted by Gasteiger charge is -2.20. The Labute approximate surface area is 129 Å². The number of alkyl carbamates (subject to hydrolysis) is 1. The van der Waals surface area contributed by atoms with E-state index in [9.17, 15) is 4.79 Å². The molecule has 3 heteroatoms. The zero-order valence-corrected chi connectivity index (χ0v) is 14.0. The second-order valence-corrected chi connectivity index (χ2v) is 6.49. The largest absolute Gasteiger partial charge is 0.444 e. The van der Waals surface area contributed by atoms with Crippen LogP contribution in [0.25, 0.3) is 0 Å². The molecular weight excluding hydrogens is 262 g/mol. The van der Waals surface area contributed by atoms with E-state index in [-0.39, 0.29) is 6.09 Å². The van der Waals surface area contributed by atoms with Crippen LogP contribution in [0.1, 0.15) is 70.9 Å². The molecule has 0 aliphatic heterocycles. The van der Waals surface area contributed by atoms with Crippen molar-refractivity contribution in [3.63, 3.8) is 0 Å². The van der Waals surface area contributed by atoms with E-state index >= 15 is 0 Å². The third kappa shape index (κ3) is 6.65. The molecule has 1 aromatic carbocycles. The van der Waals surface area contributed by atoms with E-state index < -0.39 is 5.60 Å². The Bertz CT molecular complexity index is 449. The summed E-state index contributed by atoms with van der Waals surface area (Å²) in [5.74, 6) is 0.608. The van der Waals surface area contributed by atoms with Gasteiger partial charge in [-0.15, -0.1) is 0 Å². The molecule has 1 unspecified atom stereocenters. The van der Waals surface area contributed by atoms with Gasteiger partial charge in [0.1, 0.15) is 5.60 Å². The summed E-state index contributed by atoms with van der Waals surface area (Å²) in [7, 11) is 0. The minimum atomic E-state index is -0.458. The van der Waals surface area contributed by atoms with Gasteiger partial charge in [-0.05, 0) is 50.7 Å². The molecule has 0 fully saturated rings. The summed E-state index contributed by atoms with van der Waals surface area (Å²) < 4.78 is 5.25. The van der Waals surface area contributed by atoms with Crippen molar-refractivity contribution in [2.24, 2.45) is 0 Å². The predicted molar refractivity (Wildman–Crippen MR) is 87.5 cm³/mol. The van der Waals surface area contributed by atoms with Crippen LogP contribution in [0.4, 0.5) is 4.79 Å². The zero-order chi connectivity index (χ0) is 15.9. The number of amides is 1. The number of hydrogen-bond donors (Lipinski definition) is 1. The summed E-state index contributed by atoms with van der Waals surface area (Å²) in [6.07, 6.45) is 3.18. The Morgan fingerprint density at radius 3 is 2.57 bits per heavy atom. The molecule has 0 saturated heterocycles. The van der Waals surface area contributed by atoms with Crippen LogP contribution >= 0.6 is 0 Å². The van der Waals surface area contributed by atoms with Crippen molar-refractivity contribution in [1.29, 1.82) is 0 Å². The first-order valence-corrected chi connectivity index (χ1v) is 7.91. The fourth-order valence-corrected chi connectivity index (χ4v) is 2.40. The van der Waals surface area contributed by atoms with Gasteiger partial charge in [0.05, 0.1) is 0 Å². The first-order valence-electron chi connectivity index (χ1n) is 7.91. The molecule has 0 saturated carbocycles. The molecule has 1 N–H and O–H groups in total. The molecule has 21 heavy (non-hydrogen) atoms. The zero-order valence-electron chi connectivity index (χ0n) is 14.0. The predicted octanol–water partition coefficient (Wildman–Crippen LogP) is 5.01. The Morgan fingerprint density at radius 1 is 1.29 bits per heavy atom. The molecule has 0 heterocycles. The molecule has 0 aliphatic carbocycles. The van der Waals surface area contributed by atoms with Crippen LogP contribution in [0.15, 0.2) is 24.3 Å². The van der Waals surface area contributed by atoms with E-state index in [1.807, 2.05) is 26.8 Å². The number of hydrogen-bond acceptors (Lipinski definition) is 2. The summed E-state index contributed by atoms with van der Waals surface area (Å²) in [5, 5.41) is 2.81. The maximum absolute atomic E-state index is 11.7. The van der Waals surface area contributed by atoms with Gasteiger partial charge in [-0.25, -0.2) is 4.79 Å². The van der Waals surface area contributed by atoms with Crippen LogP contribution in [0.2, 0.25) is 0 Å². The van der Waals surface area contributed by atoms with Crippen molar-refractivity contribution in [1.82, 2.24) is 5.32 Å². The van der Waals surface area contributed by atoms with Gasteiger partial charge >= 0.3 is 6.09 Å². The second-order valence-electron chi connectivity index (χ2n) is 6.49. The third-order valence-electron chi connectivity index (χ3n) is 3.39. The second kappa shape index (κ2) is 8.06. The Hall–Kier alpha value is -1.51. The van der Waals surface area contributed by atoms with E-state index in [2.05, 4.69) is 37.4 Å². The monoisotopic (exact) mass is 291 g/mol. The summed E-state index contributed by atoms with van der Waals surface area (Å²) in [6, 6.07) is 8.49. The van der Waals surface area contributed by atoms with Gasteiger partial charge in [0.25, 0.3) is 0 Å². The van der Waals surface area contributed by atoms with E-state index in [4.69, 9.17) is 4.74 Å². The Kier molecular flexibility index (Phi) is 6.73. The molecule has 3 nitrogen and oxygen atoms in total. The molecule has 118 valence electrons. The van der Waals surface area contributed by atoms with Crippen molar-refractivity contribution in [3.05, 3.63) is 35.4 Å². The number of ether oxygens (including phenoxy) is 1. The van der Waals surface area contributed by atoms with Crippen molar-refractivity contribution in [2.45, 2.75) is 71.9 Å². The van der Waals surface area contributed by atoms with Crippen LogP contribution in [-0.2, 0) is 11.3 Å². The van der Waals surface area contributed by atoms with E-state index in [0.717, 1.165) is 12.0 Å². The Balaban J connectivity index is 2.62. The lowest BCUT2D eigenvalue weighted by Crippen LogP contribution is -2.32. The SMILES string of the molecule is CCCC(CC)c1cccc(CNC(=O)OC(C)(C)C)c1. The average Bonchev–Trinajstić information content (AvgIpc) is 2.41. The quantitative estimate of drug-likeness (QED) is 0.800. The van der Waals surface area contributed by atoms with Gasteiger partial charge in [-0.3, -0.25) is 0 Å². The summed E-state index contributed by atoms with van der Waals surface area (Å²) >= 11 is 0. The van der Waals surface area contributed by atoms with Crippen molar-refractivity contribution < 1.29 is 9.53 Å². The highest BCUT2D eigenvalue weighted by Gasteiger charge is 2.16. The van der Waals surface area contributed by atoms with Crippen LogP contribution in [-0.4, -0.2) is 11.7 Å². The summed E-state index contributed by atoms with van der Waals surface area (Å²) in [5.41, 5.74) is 2.02. The van der Waals surface area contributed by atoms with Crippen molar-refractivity contribution >= 4 is 6.09 Å².